The number of fused-ring (bicyclic) bond motifs is 1. The van der Waals surface area contributed by atoms with Gasteiger partial charge in [0.25, 0.3) is 0 Å². The van der Waals surface area contributed by atoms with E-state index in [2.05, 4.69) is 15.0 Å². The highest BCUT2D eigenvalue weighted by atomic mass is 19.1. The molecule has 1 aromatic carbocycles. The van der Waals surface area contributed by atoms with Crippen LogP contribution < -0.4 is 9.47 Å². The summed E-state index contributed by atoms with van der Waals surface area (Å²) in [6.07, 6.45) is 6.50. The molecule has 8 heteroatoms. The maximum Gasteiger partial charge on any atom is 0.236 e. The first-order valence-electron chi connectivity index (χ1n) is 8.09. The Morgan fingerprint density at radius 3 is 2.59 bits per heavy atom. The van der Waals surface area contributed by atoms with Gasteiger partial charge in [-0.1, -0.05) is 0 Å². The largest absolute Gasteiger partial charge is 0.473 e. The third-order valence-corrected chi connectivity index (χ3v) is 3.79. The van der Waals surface area contributed by atoms with Gasteiger partial charge in [-0.05, 0) is 36.8 Å². The molecule has 0 fully saturated rings. The van der Waals surface area contributed by atoms with E-state index in [1.807, 2.05) is 0 Å². The van der Waals surface area contributed by atoms with Crippen molar-refractivity contribution in [2.75, 3.05) is 0 Å². The van der Waals surface area contributed by atoms with E-state index in [1.54, 1.807) is 48.1 Å². The second-order valence-corrected chi connectivity index (χ2v) is 5.81. The lowest BCUT2D eigenvalue weighted by molar-refractivity contribution is 0.292. The van der Waals surface area contributed by atoms with Gasteiger partial charge in [0.1, 0.15) is 12.4 Å². The van der Waals surface area contributed by atoms with Crippen molar-refractivity contribution in [1.29, 1.82) is 0 Å². The van der Waals surface area contributed by atoms with E-state index >= 15 is 0 Å². The van der Waals surface area contributed by atoms with E-state index in [4.69, 9.17) is 9.47 Å². The van der Waals surface area contributed by atoms with Gasteiger partial charge in [-0.15, -0.1) is 0 Å². The summed E-state index contributed by atoms with van der Waals surface area (Å²) >= 11 is 0. The van der Waals surface area contributed by atoms with E-state index in [0.717, 1.165) is 17.8 Å². The molecule has 0 aliphatic heterocycles. The van der Waals surface area contributed by atoms with Gasteiger partial charge in [-0.2, -0.15) is 4.98 Å². The minimum atomic E-state index is -0.828. The fraction of sp³-hybridized carbons (Fsp3) is 0.105. The molecular weight excluding hydrogens is 354 g/mol. The molecule has 0 unspecified atom stereocenters. The summed E-state index contributed by atoms with van der Waals surface area (Å²) in [6.45, 7) is 1.75. The number of rotatable bonds is 5. The molecule has 3 heterocycles. The molecule has 0 radical (unpaired) electrons. The van der Waals surface area contributed by atoms with Crippen LogP contribution in [0.25, 0.3) is 5.78 Å². The molecule has 0 aliphatic carbocycles. The molecule has 4 rings (SSSR count). The van der Waals surface area contributed by atoms with E-state index in [1.165, 1.54) is 6.20 Å². The number of halogens is 2. The molecule has 0 saturated heterocycles. The molecule has 0 saturated carbocycles. The van der Waals surface area contributed by atoms with Crippen LogP contribution in [0.1, 0.15) is 11.3 Å². The Hall–Kier alpha value is -3.55. The van der Waals surface area contributed by atoms with Crippen LogP contribution in [0.5, 0.6) is 17.4 Å². The van der Waals surface area contributed by atoms with Gasteiger partial charge in [0.2, 0.25) is 11.7 Å². The lowest BCUT2D eigenvalue weighted by atomic mass is 10.2. The predicted octanol–water partition coefficient (Wildman–Crippen LogP) is 4.08. The monoisotopic (exact) mass is 368 g/mol. The topological polar surface area (TPSA) is 61.5 Å². The lowest BCUT2D eigenvalue weighted by Crippen LogP contribution is -2.01. The molecule has 0 N–H and O–H groups in total. The second-order valence-electron chi connectivity index (χ2n) is 5.81. The van der Waals surface area contributed by atoms with Crippen molar-refractivity contribution in [1.82, 2.24) is 19.4 Å². The van der Waals surface area contributed by atoms with Crippen molar-refractivity contribution in [3.8, 4) is 17.4 Å². The number of nitrogens with zero attached hydrogens (tertiary/aromatic N) is 4. The Labute approximate surface area is 153 Å². The molecule has 0 amide bonds. The summed E-state index contributed by atoms with van der Waals surface area (Å²) in [4.78, 5) is 12.3. The summed E-state index contributed by atoms with van der Waals surface area (Å²) < 4.78 is 41.1. The highest BCUT2D eigenvalue weighted by Gasteiger charge is 2.14. The van der Waals surface area contributed by atoms with Crippen molar-refractivity contribution >= 4 is 5.78 Å². The maximum absolute atomic E-state index is 14.3. The van der Waals surface area contributed by atoms with E-state index < -0.39 is 17.4 Å². The van der Waals surface area contributed by atoms with Crippen molar-refractivity contribution in [3.63, 3.8) is 0 Å². The first kappa shape index (κ1) is 16.9. The summed E-state index contributed by atoms with van der Waals surface area (Å²) in [7, 11) is 0. The molecule has 0 bridgehead atoms. The summed E-state index contributed by atoms with van der Waals surface area (Å²) in [6, 6.07) is 7.25. The molecule has 3 aromatic heterocycles. The SMILES string of the molecule is Cc1ccc(Oc2c(F)cc(COc3ccn4ccnc4n3)cc2F)cn1. The molecule has 27 heavy (non-hydrogen) atoms. The fourth-order valence-electron chi connectivity index (χ4n) is 2.45. The minimum absolute atomic E-state index is 0.0515. The molecule has 6 nitrogen and oxygen atoms in total. The van der Waals surface area contributed by atoms with Crippen molar-refractivity contribution in [2.45, 2.75) is 13.5 Å². The van der Waals surface area contributed by atoms with Crippen LogP contribution in [0.4, 0.5) is 8.78 Å². The van der Waals surface area contributed by atoms with Gasteiger partial charge >= 0.3 is 0 Å². The Kier molecular flexibility index (Phi) is 4.37. The average molecular weight is 368 g/mol. The lowest BCUT2D eigenvalue weighted by Gasteiger charge is -2.10. The Balaban J connectivity index is 1.49. The summed E-state index contributed by atoms with van der Waals surface area (Å²) in [5, 5.41) is 0. The number of pyridine rings is 1. The van der Waals surface area contributed by atoms with Gasteiger partial charge in [0, 0.05) is 30.4 Å². The zero-order valence-corrected chi connectivity index (χ0v) is 14.3. The molecule has 0 spiro atoms. The van der Waals surface area contributed by atoms with E-state index in [-0.39, 0.29) is 12.4 Å². The number of aryl methyl sites for hydroxylation is 1. The minimum Gasteiger partial charge on any atom is -0.473 e. The van der Waals surface area contributed by atoms with Crippen molar-refractivity contribution in [2.24, 2.45) is 0 Å². The van der Waals surface area contributed by atoms with Crippen molar-refractivity contribution < 1.29 is 18.3 Å². The number of aromatic nitrogens is 4. The van der Waals surface area contributed by atoms with E-state index in [0.29, 0.717) is 17.2 Å². The molecule has 4 aromatic rings. The molecule has 0 aliphatic rings. The maximum atomic E-state index is 14.3. The Bertz CT molecular complexity index is 1070. The molecule has 0 atom stereocenters. The van der Waals surface area contributed by atoms with Crippen LogP contribution in [0.3, 0.4) is 0 Å². The van der Waals surface area contributed by atoms with Crippen LogP contribution in [-0.4, -0.2) is 19.4 Å². The van der Waals surface area contributed by atoms with Gasteiger partial charge in [-0.25, -0.2) is 13.8 Å². The number of hydrogen-bond donors (Lipinski definition) is 0. The van der Waals surface area contributed by atoms with Crippen LogP contribution in [0, 0.1) is 18.6 Å². The quantitative estimate of drug-likeness (QED) is 0.531. The number of hydrogen-bond acceptors (Lipinski definition) is 5. The number of imidazole rings is 1. The third-order valence-electron chi connectivity index (χ3n) is 3.79. The zero-order valence-electron chi connectivity index (χ0n) is 14.3. The van der Waals surface area contributed by atoms with Gasteiger partial charge in [0.15, 0.2) is 17.4 Å². The highest BCUT2D eigenvalue weighted by molar-refractivity contribution is 5.36. The molecule has 136 valence electrons. The highest BCUT2D eigenvalue weighted by Crippen LogP contribution is 2.28. The van der Waals surface area contributed by atoms with Gasteiger partial charge < -0.3 is 9.47 Å². The van der Waals surface area contributed by atoms with Crippen LogP contribution in [0.2, 0.25) is 0 Å². The standard InChI is InChI=1S/C19H14F2N4O2/c1-12-2-3-14(10-23-12)27-18-15(20)8-13(9-16(18)21)11-26-17-4-6-25-7-5-22-19(25)24-17/h2-10H,11H2,1H3. The normalized spacial score (nSPS) is 10.9. The molecular formula is C19H14F2N4O2. The summed E-state index contributed by atoms with van der Waals surface area (Å²) in [5.41, 5.74) is 1.09. The predicted molar refractivity (Wildman–Crippen MR) is 92.7 cm³/mol. The van der Waals surface area contributed by atoms with Crippen LogP contribution in [-0.2, 0) is 6.61 Å². The second kappa shape index (κ2) is 6.99. The van der Waals surface area contributed by atoms with Crippen molar-refractivity contribution in [3.05, 3.63) is 78.0 Å². The van der Waals surface area contributed by atoms with Gasteiger partial charge in [-0.3, -0.25) is 9.38 Å². The number of ether oxygens (including phenoxy) is 2. The van der Waals surface area contributed by atoms with Gasteiger partial charge in [0.05, 0.1) is 6.20 Å². The fourth-order valence-corrected chi connectivity index (χ4v) is 2.45. The summed E-state index contributed by atoms with van der Waals surface area (Å²) in [5.74, 6) is -1.11. The zero-order chi connectivity index (χ0) is 18.8. The first-order chi connectivity index (χ1) is 13.1. The first-order valence-corrected chi connectivity index (χ1v) is 8.09. The van der Waals surface area contributed by atoms with E-state index in [9.17, 15) is 8.78 Å². The van der Waals surface area contributed by atoms with Crippen LogP contribution in [0.15, 0.2) is 55.1 Å². The third kappa shape index (κ3) is 3.69. The smallest absolute Gasteiger partial charge is 0.236 e. The average Bonchev–Trinajstić information content (AvgIpc) is 3.12. The Morgan fingerprint density at radius 1 is 1.04 bits per heavy atom. The number of benzene rings is 1. The van der Waals surface area contributed by atoms with Crippen LogP contribution >= 0.6 is 0 Å². The Morgan fingerprint density at radius 2 is 1.85 bits per heavy atom.